The van der Waals surface area contributed by atoms with Gasteiger partial charge in [-0.3, -0.25) is 0 Å². The van der Waals surface area contributed by atoms with Crippen LogP contribution in [0.25, 0.3) is 0 Å². The largest absolute Gasteiger partial charge is 0.309 e. The fourth-order valence-electron chi connectivity index (χ4n) is 0.850. The zero-order valence-electron chi connectivity index (χ0n) is 14.2. The molecule has 0 spiro atoms. The van der Waals surface area contributed by atoms with Gasteiger partial charge in [0.1, 0.15) is 0 Å². The van der Waals surface area contributed by atoms with Crippen LogP contribution in [0.2, 0.25) is 0 Å². The third-order valence-electron chi connectivity index (χ3n) is 1.62. The number of hydrogen-bond donors (Lipinski definition) is 2. The van der Waals surface area contributed by atoms with E-state index in [1.807, 2.05) is 0 Å². The van der Waals surface area contributed by atoms with Crippen molar-refractivity contribution in [3.05, 3.63) is 0 Å². The fraction of sp³-hybridized carbons (Fsp3) is 1.00. The summed E-state index contributed by atoms with van der Waals surface area (Å²) in [6.45, 7) is -2.42. The highest BCUT2D eigenvalue weighted by atomic mass is 15.1. The van der Waals surface area contributed by atoms with Crippen molar-refractivity contribution >= 4 is 0 Å². The first-order valence-electron chi connectivity index (χ1n) is 7.28. The van der Waals surface area contributed by atoms with E-state index in [4.69, 9.17) is 11.0 Å². The lowest BCUT2D eigenvalue weighted by Gasteiger charge is -2.38. The highest BCUT2D eigenvalue weighted by Gasteiger charge is 2.25. The van der Waals surface area contributed by atoms with Gasteiger partial charge in [-0.05, 0) is 27.6 Å². The zero-order valence-corrected chi connectivity index (χ0v) is 6.15. The molecule has 60 valence electrons. The number of piperazine rings is 1. The SMILES string of the molecule is [2H]C([2H])([2H])C1NC([2H])(C)C([2H])(C([2H])([2H])[2H])NC1C. The van der Waals surface area contributed by atoms with Gasteiger partial charge in [0.15, 0.2) is 0 Å². The van der Waals surface area contributed by atoms with Crippen LogP contribution < -0.4 is 10.6 Å². The lowest BCUT2D eigenvalue weighted by Crippen LogP contribution is -2.62. The van der Waals surface area contributed by atoms with E-state index >= 15 is 0 Å². The lowest BCUT2D eigenvalue weighted by atomic mass is 10.0. The van der Waals surface area contributed by atoms with E-state index in [2.05, 4.69) is 10.6 Å². The standard InChI is InChI=1S/C8H18N2/c1-5-6(2)10-8(4)7(3)9-5/h5-10H,1-4H3/i1D3,4D3,5D,6D. The van der Waals surface area contributed by atoms with Gasteiger partial charge in [-0.15, -0.1) is 0 Å². The van der Waals surface area contributed by atoms with Crippen LogP contribution in [0, 0.1) is 0 Å². The van der Waals surface area contributed by atoms with Gasteiger partial charge in [0.25, 0.3) is 0 Å². The normalized spacial score (nSPS) is 78.2. The van der Waals surface area contributed by atoms with Crippen LogP contribution in [0.4, 0.5) is 0 Å². The molecule has 2 N–H and O–H groups in total. The molecule has 10 heavy (non-hydrogen) atoms. The van der Waals surface area contributed by atoms with Crippen molar-refractivity contribution in [3.63, 3.8) is 0 Å². The van der Waals surface area contributed by atoms with E-state index in [-0.39, 0.29) is 0 Å². The van der Waals surface area contributed by atoms with Crippen molar-refractivity contribution in [3.8, 4) is 0 Å². The van der Waals surface area contributed by atoms with Gasteiger partial charge in [0, 0.05) is 35.1 Å². The maximum atomic E-state index is 7.99. The van der Waals surface area contributed by atoms with Crippen LogP contribution in [0.1, 0.15) is 38.5 Å². The average molecular weight is 150 g/mol. The molecule has 0 aliphatic carbocycles. The predicted octanol–water partition coefficient (Wildman–Crippen LogP) is 0.733. The Kier molecular flexibility index (Phi) is 0.710. The van der Waals surface area contributed by atoms with Crippen molar-refractivity contribution in [2.45, 2.75) is 51.7 Å². The summed E-state index contributed by atoms with van der Waals surface area (Å²) in [5.41, 5.74) is 0. The Bertz CT molecular complexity index is 322. The molecule has 4 atom stereocenters. The van der Waals surface area contributed by atoms with Gasteiger partial charge in [-0.2, -0.15) is 0 Å². The Balaban J connectivity index is 3.13. The smallest absolute Gasteiger partial charge is 0.0478 e. The molecule has 1 aliphatic heterocycles. The summed E-state index contributed by atoms with van der Waals surface area (Å²) in [6, 6.07) is -6.03. The minimum atomic E-state index is -2.75. The van der Waals surface area contributed by atoms with E-state index in [1.165, 1.54) is 13.8 Å². The summed E-state index contributed by atoms with van der Waals surface area (Å²) in [5.74, 6) is 0. The molecule has 4 unspecified atom stereocenters. The molecule has 1 fully saturated rings. The number of nitrogens with one attached hydrogen (secondary N) is 2. The summed E-state index contributed by atoms with van der Waals surface area (Å²) in [6.07, 6.45) is 0. The van der Waals surface area contributed by atoms with Crippen molar-refractivity contribution in [1.29, 1.82) is 0 Å². The number of hydrogen-bond acceptors (Lipinski definition) is 2. The minimum Gasteiger partial charge on any atom is -0.309 e. The zero-order chi connectivity index (χ0) is 14.6. The molecule has 2 nitrogen and oxygen atoms in total. The molecule has 2 heteroatoms. The van der Waals surface area contributed by atoms with Crippen molar-refractivity contribution in [2.24, 2.45) is 0 Å². The highest BCUT2D eigenvalue weighted by molar-refractivity contribution is 4.89. The maximum absolute atomic E-state index is 7.99. The summed E-state index contributed by atoms with van der Waals surface area (Å²) < 4.78 is 60.2. The average Bonchev–Trinajstić information content (AvgIpc) is 2.08. The first kappa shape index (κ1) is 2.46. The minimum absolute atomic E-state index is 0.756. The first-order chi connectivity index (χ1) is 7.72. The van der Waals surface area contributed by atoms with E-state index in [0.29, 0.717) is 0 Å². The molecular weight excluding hydrogens is 124 g/mol. The molecule has 0 radical (unpaired) electrons. The molecule has 1 rings (SSSR count). The van der Waals surface area contributed by atoms with Gasteiger partial charge in [0.2, 0.25) is 0 Å². The van der Waals surface area contributed by atoms with E-state index < -0.39 is 37.8 Å². The summed E-state index contributed by atoms with van der Waals surface area (Å²) in [7, 11) is 0. The molecule has 0 aromatic carbocycles. The van der Waals surface area contributed by atoms with Gasteiger partial charge in [-0.1, -0.05) is 0 Å². The van der Waals surface area contributed by atoms with Crippen LogP contribution in [0.15, 0.2) is 0 Å². The molecule has 0 bridgehead atoms. The van der Waals surface area contributed by atoms with Gasteiger partial charge < -0.3 is 10.6 Å². The predicted molar refractivity (Wildman–Crippen MR) is 44.1 cm³/mol. The van der Waals surface area contributed by atoms with E-state index in [0.717, 1.165) is 0 Å². The second kappa shape index (κ2) is 2.89. The molecule has 0 aromatic heterocycles. The fourth-order valence-corrected chi connectivity index (χ4v) is 0.850. The Morgan fingerprint density at radius 1 is 1.10 bits per heavy atom. The lowest BCUT2D eigenvalue weighted by molar-refractivity contribution is 0.250. The van der Waals surface area contributed by atoms with Gasteiger partial charge in [-0.25, -0.2) is 0 Å². The Hall–Kier alpha value is -0.0800. The van der Waals surface area contributed by atoms with Crippen LogP contribution in [-0.4, -0.2) is 24.1 Å². The quantitative estimate of drug-likeness (QED) is 0.532. The van der Waals surface area contributed by atoms with Crippen molar-refractivity contribution in [1.82, 2.24) is 10.6 Å². The number of rotatable bonds is 0. The molecule has 1 heterocycles. The van der Waals surface area contributed by atoms with Crippen molar-refractivity contribution < 1.29 is 11.0 Å². The topological polar surface area (TPSA) is 24.1 Å². The summed E-state index contributed by atoms with van der Waals surface area (Å²) >= 11 is 0. The van der Waals surface area contributed by atoms with Crippen LogP contribution >= 0.6 is 0 Å². The molecule has 1 saturated heterocycles. The van der Waals surface area contributed by atoms with E-state index in [9.17, 15) is 0 Å². The monoisotopic (exact) mass is 150 g/mol. The molecule has 0 aromatic rings. The summed E-state index contributed by atoms with van der Waals surface area (Å²) in [5, 5.41) is 4.95. The van der Waals surface area contributed by atoms with Crippen LogP contribution in [0.5, 0.6) is 0 Å². The molecule has 0 amide bonds. The van der Waals surface area contributed by atoms with Crippen LogP contribution in [-0.2, 0) is 0 Å². The second-order valence-corrected chi connectivity index (χ2v) is 2.56. The second-order valence-electron chi connectivity index (χ2n) is 2.56. The van der Waals surface area contributed by atoms with Gasteiger partial charge in [0.05, 0.1) is 0 Å². The molecular formula is C8H18N2. The third-order valence-corrected chi connectivity index (χ3v) is 1.62. The summed E-state index contributed by atoms with van der Waals surface area (Å²) in [4.78, 5) is 0. The highest BCUT2D eigenvalue weighted by Crippen LogP contribution is 2.05. The molecule has 0 saturated carbocycles. The molecule has 1 aliphatic rings. The van der Waals surface area contributed by atoms with Crippen molar-refractivity contribution in [2.75, 3.05) is 0 Å². The first-order valence-corrected chi connectivity index (χ1v) is 3.28. The van der Waals surface area contributed by atoms with Gasteiger partial charge >= 0.3 is 0 Å². The Labute approximate surface area is 74.6 Å². The van der Waals surface area contributed by atoms with E-state index in [1.54, 1.807) is 0 Å². The Morgan fingerprint density at radius 2 is 1.80 bits per heavy atom. The maximum Gasteiger partial charge on any atom is 0.0478 e. The van der Waals surface area contributed by atoms with Crippen LogP contribution in [0.3, 0.4) is 0 Å². The Morgan fingerprint density at radius 3 is 2.40 bits per heavy atom. The third kappa shape index (κ3) is 1.50.